The van der Waals surface area contributed by atoms with Crippen molar-refractivity contribution in [3.05, 3.63) is 34.7 Å². The summed E-state index contributed by atoms with van der Waals surface area (Å²) in [6.07, 6.45) is 2.27. The second-order valence-electron chi connectivity index (χ2n) is 2.94. The SMILES string of the molecule is OCCc1ncc2cccc(Br)c2n1. The van der Waals surface area contributed by atoms with E-state index in [2.05, 4.69) is 25.9 Å². The van der Waals surface area contributed by atoms with E-state index in [0.29, 0.717) is 12.2 Å². The molecule has 0 saturated carbocycles. The lowest BCUT2D eigenvalue weighted by Gasteiger charge is -2.01. The molecule has 0 unspecified atom stereocenters. The maximum absolute atomic E-state index is 8.77. The standard InChI is InChI=1S/C10H9BrN2O/c11-8-3-1-2-7-6-12-9(4-5-14)13-10(7)8/h1-3,6,14H,4-5H2. The zero-order chi connectivity index (χ0) is 9.97. The molecule has 0 radical (unpaired) electrons. The molecule has 0 fully saturated rings. The van der Waals surface area contributed by atoms with E-state index >= 15 is 0 Å². The average Bonchev–Trinajstić information content (AvgIpc) is 2.20. The number of fused-ring (bicyclic) bond motifs is 1. The lowest BCUT2D eigenvalue weighted by Crippen LogP contribution is -1.98. The summed E-state index contributed by atoms with van der Waals surface area (Å²) in [5.41, 5.74) is 0.894. The van der Waals surface area contributed by atoms with Crippen LogP contribution in [0.15, 0.2) is 28.9 Å². The van der Waals surface area contributed by atoms with Crippen LogP contribution in [0.3, 0.4) is 0 Å². The summed E-state index contributed by atoms with van der Waals surface area (Å²) in [7, 11) is 0. The molecule has 0 atom stereocenters. The highest BCUT2D eigenvalue weighted by molar-refractivity contribution is 9.10. The highest BCUT2D eigenvalue weighted by atomic mass is 79.9. The van der Waals surface area contributed by atoms with E-state index in [1.807, 2.05) is 18.2 Å². The Bertz CT molecular complexity index is 459. The summed E-state index contributed by atoms with van der Waals surface area (Å²) in [5, 5.41) is 9.77. The molecule has 0 amide bonds. The van der Waals surface area contributed by atoms with Gasteiger partial charge < -0.3 is 5.11 Å². The highest BCUT2D eigenvalue weighted by Gasteiger charge is 2.02. The number of hydrogen-bond acceptors (Lipinski definition) is 3. The molecule has 72 valence electrons. The van der Waals surface area contributed by atoms with Crippen LogP contribution in [0.5, 0.6) is 0 Å². The normalized spacial score (nSPS) is 10.7. The monoisotopic (exact) mass is 252 g/mol. The first kappa shape index (κ1) is 9.55. The van der Waals surface area contributed by atoms with Crippen LogP contribution in [0.1, 0.15) is 5.82 Å². The predicted molar refractivity (Wildman–Crippen MR) is 58.0 cm³/mol. The molecule has 1 N–H and O–H groups in total. The van der Waals surface area contributed by atoms with Crippen molar-refractivity contribution in [1.29, 1.82) is 0 Å². The number of halogens is 1. The second kappa shape index (κ2) is 4.02. The fourth-order valence-corrected chi connectivity index (χ4v) is 1.75. The van der Waals surface area contributed by atoms with Crippen molar-refractivity contribution < 1.29 is 5.11 Å². The van der Waals surface area contributed by atoms with Crippen molar-refractivity contribution in [3.8, 4) is 0 Å². The third-order valence-electron chi connectivity index (χ3n) is 1.95. The molecular weight excluding hydrogens is 244 g/mol. The van der Waals surface area contributed by atoms with E-state index in [1.165, 1.54) is 0 Å². The van der Waals surface area contributed by atoms with Crippen LogP contribution in [0.2, 0.25) is 0 Å². The summed E-state index contributed by atoms with van der Waals surface area (Å²) in [6.45, 7) is 0.0793. The largest absolute Gasteiger partial charge is 0.396 e. The van der Waals surface area contributed by atoms with Crippen molar-refractivity contribution in [3.63, 3.8) is 0 Å². The Hall–Kier alpha value is -1.00. The Balaban J connectivity index is 2.58. The number of para-hydroxylation sites is 1. The lowest BCUT2D eigenvalue weighted by molar-refractivity contribution is 0.297. The van der Waals surface area contributed by atoms with Gasteiger partial charge in [0, 0.05) is 22.5 Å². The van der Waals surface area contributed by atoms with Crippen LogP contribution in [0.4, 0.5) is 0 Å². The van der Waals surface area contributed by atoms with Gasteiger partial charge in [-0.25, -0.2) is 9.97 Å². The maximum atomic E-state index is 8.77. The van der Waals surface area contributed by atoms with Crippen LogP contribution in [0.25, 0.3) is 10.9 Å². The molecule has 0 aliphatic rings. The van der Waals surface area contributed by atoms with Crippen molar-refractivity contribution in [2.24, 2.45) is 0 Å². The van der Waals surface area contributed by atoms with Crippen molar-refractivity contribution >= 4 is 26.8 Å². The number of benzene rings is 1. The maximum Gasteiger partial charge on any atom is 0.131 e. The van der Waals surface area contributed by atoms with E-state index in [-0.39, 0.29) is 6.61 Å². The Morgan fingerprint density at radius 3 is 3.00 bits per heavy atom. The highest BCUT2D eigenvalue weighted by Crippen LogP contribution is 2.20. The van der Waals surface area contributed by atoms with Gasteiger partial charge in [0.2, 0.25) is 0 Å². The Labute approximate surface area is 89.9 Å². The van der Waals surface area contributed by atoms with Crippen LogP contribution in [0, 0.1) is 0 Å². The van der Waals surface area contributed by atoms with E-state index in [1.54, 1.807) is 6.20 Å². The number of aromatic nitrogens is 2. The fraction of sp³-hybridized carbons (Fsp3) is 0.200. The van der Waals surface area contributed by atoms with Crippen molar-refractivity contribution in [2.45, 2.75) is 6.42 Å². The molecule has 2 aromatic rings. The number of hydrogen-bond donors (Lipinski definition) is 1. The Morgan fingerprint density at radius 2 is 2.21 bits per heavy atom. The second-order valence-corrected chi connectivity index (χ2v) is 3.79. The molecule has 0 aliphatic heterocycles. The van der Waals surface area contributed by atoms with Crippen molar-refractivity contribution in [1.82, 2.24) is 9.97 Å². The molecule has 3 nitrogen and oxygen atoms in total. The minimum atomic E-state index is 0.0793. The topological polar surface area (TPSA) is 46.0 Å². The first-order valence-corrected chi connectivity index (χ1v) is 5.11. The molecule has 0 saturated heterocycles. The van der Waals surface area contributed by atoms with Gasteiger partial charge in [-0.2, -0.15) is 0 Å². The Morgan fingerprint density at radius 1 is 1.36 bits per heavy atom. The van der Waals surface area contributed by atoms with Gasteiger partial charge in [0.1, 0.15) is 5.82 Å². The van der Waals surface area contributed by atoms with E-state index in [9.17, 15) is 0 Å². The molecule has 0 bridgehead atoms. The van der Waals surface area contributed by atoms with Gasteiger partial charge in [-0.3, -0.25) is 0 Å². The summed E-state index contributed by atoms with van der Waals surface area (Å²) >= 11 is 3.43. The smallest absolute Gasteiger partial charge is 0.131 e. The van der Waals surface area contributed by atoms with E-state index in [4.69, 9.17) is 5.11 Å². The van der Waals surface area contributed by atoms with Crippen LogP contribution in [-0.4, -0.2) is 21.7 Å². The van der Waals surface area contributed by atoms with E-state index < -0.39 is 0 Å². The van der Waals surface area contributed by atoms with Crippen LogP contribution in [-0.2, 0) is 6.42 Å². The van der Waals surface area contributed by atoms with Gasteiger partial charge in [-0.05, 0) is 22.0 Å². The van der Waals surface area contributed by atoms with Crippen LogP contribution >= 0.6 is 15.9 Å². The number of nitrogens with zero attached hydrogens (tertiary/aromatic N) is 2. The molecule has 1 aromatic carbocycles. The molecule has 4 heteroatoms. The summed E-state index contributed by atoms with van der Waals surface area (Å²) in [5.74, 6) is 0.673. The third kappa shape index (κ3) is 1.76. The molecule has 1 aromatic heterocycles. The zero-order valence-corrected chi connectivity index (χ0v) is 9.03. The number of aliphatic hydroxyl groups is 1. The molecule has 0 spiro atoms. The minimum absolute atomic E-state index is 0.0793. The Kier molecular flexibility index (Phi) is 2.74. The van der Waals surface area contributed by atoms with Gasteiger partial charge in [0.15, 0.2) is 0 Å². The quantitative estimate of drug-likeness (QED) is 0.889. The molecule has 2 rings (SSSR count). The first-order valence-electron chi connectivity index (χ1n) is 4.32. The summed E-state index contributed by atoms with van der Waals surface area (Å²) in [4.78, 5) is 8.49. The van der Waals surface area contributed by atoms with Gasteiger partial charge in [-0.1, -0.05) is 12.1 Å². The molecule has 0 aliphatic carbocycles. The van der Waals surface area contributed by atoms with Gasteiger partial charge >= 0.3 is 0 Å². The average molecular weight is 253 g/mol. The van der Waals surface area contributed by atoms with E-state index in [0.717, 1.165) is 15.4 Å². The fourth-order valence-electron chi connectivity index (χ4n) is 1.28. The number of rotatable bonds is 2. The predicted octanol–water partition coefficient (Wildman–Crippen LogP) is 1.93. The minimum Gasteiger partial charge on any atom is -0.396 e. The van der Waals surface area contributed by atoms with Crippen molar-refractivity contribution in [2.75, 3.05) is 6.61 Å². The zero-order valence-electron chi connectivity index (χ0n) is 7.44. The van der Waals surface area contributed by atoms with Gasteiger partial charge in [0.25, 0.3) is 0 Å². The molecule has 14 heavy (non-hydrogen) atoms. The summed E-state index contributed by atoms with van der Waals surface area (Å²) < 4.78 is 0.955. The van der Waals surface area contributed by atoms with Crippen LogP contribution < -0.4 is 0 Å². The van der Waals surface area contributed by atoms with Gasteiger partial charge in [0.05, 0.1) is 12.1 Å². The lowest BCUT2D eigenvalue weighted by atomic mass is 10.2. The number of aliphatic hydroxyl groups excluding tert-OH is 1. The first-order chi connectivity index (χ1) is 6.81. The van der Waals surface area contributed by atoms with Gasteiger partial charge in [-0.15, -0.1) is 0 Å². The molecule has 1 heterocycles. The third-order valence-corrected chi connectivity index (χ3v) is 2.59. The summed E-state index contributed by atoms with van der Waals surface area (Å²) in [6, 6.07) is 5.85. The molecular formula is C10H9BrN2O.